The van der Waals surface area contributed by atoms with Crippen LogP contribution in [0.15, 0.2) is 30.3 Å². The first-order valence-corrected chi connectivity index (χ1v) is 11.1. The maximum atomic E-state index is 13.4. The second-order valence-electron chi connectivity index (χ2n) is 10.2. The van der Waals surface area contributed by atoms with Gasteiger partial charge in [0.2, 0.25) is 5.91 Å². The molecule has 1 aromatic rings. The molecule has 8 heteroatoms. The van der Waals surface area contributed by atoms with Crippen LogP contribution in [0.3, 0.4) is 0 Å². The lowest BCUT2D eigenvalue weighted by molar-refractivity contribution is -0.167. The van der Waals surface area contributed by atoms with Crippen LogP contribution in [-0.2, 0) is 25.7 Å². The number of hydrogen-bond donors (Lipinski definition) is 3. The fraction of sp³-hybridized carbons (Fsp3) is 0.625. The summed E-state index contributed by atoms with van der Waals surface area (Å²) in [5.74, 6) is -1.72. The molecule has 8 nitrogen and oxygen atoms in total. The molecule has 2 rings (SSSR count). The van der Waals surface area contributed by atoms with E-state index in [9.17, 15) is 14.4 Å². The molecule has 0 aliphatic carbocycles. The lowest BCUT2D eigenvalue weighted by atomic mass is 9.81. The van der Waals surface area contributed by atoms with E-state index in [1.54, 1.807) is 0 Å². The molecule has 178 valence electrons. The third-order valence-corrected chi connectivity index (χ3v) is 5.21. The molecule has 1 fully saturated rings. The number of nitrogens with one attached hydrogen (secondary N) is 2. The first-order valence-electron chi connectivity index (χ1n) is 11.1. The number of piperazine rings is 1. The molecular formula is C24H37N3O5. The number of amides is 1. The van der Waals surface area contributed by atoms with Gasteiger partial charge in [0.05, 0.1) is 6.42 Å². The molecule has 1 saturated heterocycles. The Morgan fingerprint density at radius 3 is 2.38 bits per heavy atom. The van der Waals surface area contributed by atoms with Crippen molar-refractivity contribution in [3.8, 4) is 0 Å². The Hall–Kier alpha value is -2.45. The van der Waals surface area contributed by atoms with Crippen molar-refractivity contribution in [2.24, 2.45) is 0 Å². The standard InChI is InChI=1S/C24H37N3O5/c1-22(2,3)32-21(31)24(16-23(4,5)26-19(28)11-12-20(29)30)17-27(14-13-25-24)15-18-9-7-6-8-10-18/h6-10,25H,11-17H2,1-5H3,(H,26,28)(H,29,30)/t24-/m0/s1. The van der Waals surface area contributed by atoms with Gasteiger partial charge in [-0.05, 0) is 40.2 Å². The summed E-state index contributed by atoms with van der Waals surface area (Å²) in [5.41, 5.74) is -1.25. The first-order chi connectivity index (χ1) is 14.8. The van der Waals surface area contributed by atoms with Crippen LogP contribution in [0.5, 0.6) is 0 Å². The van der Waals surface area contributed by atoms with Crippen LogP contribution >= 0.6 is 0 Å². The molecule has 0 spiro atoms. The van der Waals surface area contributed by atoms with E-state index in [0.29, 0.717) is 26.1 Å². The molecule has 1 amide bonds. The minimum Gasteiger partial charge on any atom is -0.481 e. The molecule has 1 aromatic carbocycles. The number of benzene rings is 1. The molecule has 0 radical (unpaired) electrons. The molecular weight excluding hydrogens is 410 g/mol. The van der Waals surface area contributed by atoms with Gasteiger partial charge in [0.15, 0.2) is 0 Å². The smallest absolute Gasteiger partial charge is 0.328 e. The zero-order valence-corrected chi connectivity index (χ0v) is 19.9. The Balaban J connectivity index is 2.21. The van der Waals surface area contributed by atoms with Gasteiger partial charge in [-0.1, -0.05) is 30.3 Å². The highest BCUT2D eigenvalue weighted by Crippen LogP contribution is 2.28. The second-order valence-corrected chi connectivity index (χ2v) is 10.2. The predicted molar refractivity (Wildman–Crippen MR) is 122 cm³/mol. The molecule has 0 unspecified atom stereocenters. The van der Waals surface area contributed by atoms with E-state index in [1.165, 1.54) is 0 Å². The maximum absolute atomic E-state index is 13.4. The summed E-state index contributed by atoms with van der Waals surface area (Å²) in [5, 5.41) is 15.1. The molecule has 1 atom stereocenters. The monoisotopic (exact) mass is 447 g/mol. The van der Waals surface area contributed by atoms with Crippen LogP contribution in [0.1, 0.15) is 59.4 Å². The van der Waals surface area contributed by atoms with Gasteiger partial charge in [0.25, 0.3) is 0 Å². The number of carbonyl (C=O) groups is 3. The molecule has 1 heterocycles. The van der Waals surface area contributed by atoms with Crippen LogP contribution in [-0.4, -0.2) is 64.2 Å². The van der Waals surface area contributed by atoms with Crippen molar-refractivity contribution in [3.63, 3.8) is 0 Å². The van der Waals surface area contributed by atoms with Gasteiger partial charge in [-0.15, -0.1) is 0 Å². The van der Waals surface area contributed by atoms with Gasteiger partial charge in [-0.25, -0.2) is 4.79 Å². The molecule has 0 saturated carbocycles. The lowest BCUT2D eigenvalue weighted by Crippen LogP contribution is -2.68. The topological polar surface area (TPSA) is 108 Å². The highest BCUT2D eigenvalue weighted by atomic mass is 16.6. The van der Waals surface area contributed by atoms with Crippen molar-refractivity contribution in [2.45, 2.75) is 77.1 Å². The van der Waals surface area contributed by atoms with Gasteiger partial charge in [-0.2, -0.15) is 0 Å². The number of carboxylic acid groups (broad SMARTS) is 1. The van der Waals surface area contributed by atoms with Crippen LogP contribution in [0, 0.1) is 0 Å². The van der Waals surface area contributed by atoms with Crippen LogP contribution < -0.4 is 10.6 Å². The number of ether oxygens (including phenoxy) is 1. The number of aliphatic carboxylic acids is 1. The van der Waals surface area contributed by atoms with E-state index >= 15 is 0 Å². The van der Waals surface area contributed by atoms with Gasteiger partial charge in [-0.3, -0.25) is 19.8 Å². The number of nitrogens with zero attached hydrogens (tertiary/aromatic N) is 1. The normalized spacial score (nSPS) is 19.9. The lowest BCUT2D eigenvalue weighted by Gasteiger charge is -2.46. The van der Waals surface area contributed by atoms with E-state index in [4.69, 9.17) is 9.84 Å². The number of esters is 1. The molecule has 3 N–H and O–H groups in total. The van der Waals surface area contributed by atoms with Crippen LogP contribution in [0.4, 0.5) is 0 Å². The van der Waals surface area contributed by atoms with Crippen LogP contribution in [0.25, 0.3) is 0 Å². The Morgan fingerprint density at radius 2 is 1.78 bits per heavy atom. The zero-order valence-electron chi connectivity index (χ0n) is 19.9. The average molecular weight is 448 g/mol. The van der Waals surface area contributed by atoms with Crippen molar-refractivity contribution in [3.05, 3.63) is 35.9 Å². The molecule has 0 aromatic heterocycles. The minimum absolute atomic E-state index is 0.105. The van der Waals surface area contributed by atoms with Crippen molar-refractivity contribution in [2.75, 3.05) is 19.6 Å². The summed E-state index contributed by atoms with van der Waals surface area (Å²) in [7, 11) is 0. The highest BCUT2D eigenvalue weighted by Gasteiger charge is 2.48. The minimum atomic E-state index is -1.02. The Labute approximate surface area is 190 Å². The van der Waals surface area contributed by atoms with E-state index in [0.717, 1.165) is 12.1 Å². The van der Waals surface area contributed by atoms with Crippen molar-refractivity contribution in [1.82, 2.24) is 15.5 Å². The van der Waals surface area contributed by atoms with Gasteiger partial charge >= 0.3 is 11.9 Å². The van der Waals surface area contributed by atoms with Crippen molar-refractivity contribution >= 4 is 17.8 Å². The molecule has 1 aliphatic rings. The third kappa shape index (κ3) is 8.24. The number of rotatable bonds is 9. The van der Waals surface area contributed by atoms with E-state index in [-0.39, 0.29) is 24.7 Å². The fourth-order valence-corrected chi connectivity index (χ4v) is 4.11. The predicted octanol–water partition coefficient (Wildman–Crippen LogP) is 2.32. The number of carbonyl (C=O) groups excluding carboxylic acids is 2. The van der Waals surface area contributed by atoms with Crippen molar-refractivity contribution < 1.29 is 24.2 Å². The van der Waals surface area contributed by atoms with E-state index in [2.05, 4.69) is 27.7 Å². The summed E-state index contributed by atoms with van der Waals surface area (Å²) in [6, 6.07) is 10.1. The molecule has 32 heavy (non-hydrogen) atoms. The summed E-state index contributed by atoms with van der Waals surface area (Å²) in [6.07, 6.45) is -0.0347. The van der Waals surface area contributed by atoms with Crippen molar-refractivity contribution in [1.29, 1.82) is 0 Å². The van der Waals surface area contributed by atoms with Crippen LogP contribution in [0.2, 0.25) is 0 Å². The zero-order chi connectivity index (χ0) is 24.0. The summed E-state index contributed by atoms with van der Waals surface area (Å²) < 4.78 is 5.79. The van der Waals surface area contributed by atoms with Gasteiger partial charge in [0.1, 0.15) is 11.1 Å². The Kier molecular flexibility index (Phi) is 8.42. The SMILES string of the molecule is CC(C)(C[C@@]1(C(=O)OC(C)(C)C)CN(Cc2ccccc2)CCN1)NC(=O)CCC(=O)O. The fourth-order valence-electron chi connectivity index (χ4n) is 4.11. The van der Waals surface area contributed by atoms with Gasteiger partial charge in [0, 0.05) is 44.6 Å². The maximum Gasteiger partial charge on any atom is 0.328 e. The summed E-state index contributed by atoms with van der Waals surface area (Å²) in [4.78, 5) is 38.7. The van der Waals surface area contributed by atoms with E-state index < -0.39 is 22.6 Å². The number of hydrogen-bond acceptors (Lipinski definition) is 6. The largest absolute Gasteiger partial charge is 0.481 e. The van der Waals surface area contributed by atoms with Gasteiger partial charge < -0.3 is 15.2 Å². The molecule has 0 bridgehead atoms. The number of carboxylic acids is 1. The average Bonchev–Trinajstić information content (AvgIpc) is 2.65. The molecule has 1 aliphatic heterocycles. The Morgan fingerprint density at radius 1 is 1.12 bits per heavy atom. The second kappa shape index (κ2) is 10.4. The summed E-state index contributed by atoms with van der Waals surface area (Å²) >= 11 is 0. The quantitative estimate of drug-likeness (QED) is 0.499. The third-order valence-electron chi connectivity index (χ3n) is 5.21. The first kappa shape index (κ1) is 25.8. The summed E-state index contributed by atoms with van der Waals surface area (Å²) in [6.45, 7) is 11.7. The Bertz CT molecular complexity index is 804. The highest BCUT2D eigenvalue weighted by molar-refractivity contribution is 5.83. The van der Waals surface area contributed by atoms with E-state index in [1.807, 2.05) is 52.8 Å².